The number of fused-ring (bicyclic) bond motifs is 1. The van der Waals surface area contributed by atoms with Crippen LogP contribution < -0.4 is 4.74 Å². The predicted octanol–water partition coefficient (Wildman–Crippen LogP) is 2.21. The molecule has 94 valence electrons. The number of rotatable bonds is 3. The number of ketones is 1. The molecule has 0 saturated carbocycles. The fourth-order valence-electron chi connectivity index (χ4n) is 1.89. The molecule has 3 rings (SSSR count). The zero-order valence-corrected chi connectivity index (χ0v) is 10.1. The molecule has 0 saturated heterocycles. The van der Waals surface area contributed by atoms with Crippen LogP contribution >= 0.6 is 0 Å². The first-order valence-corrected chi connectivity index (χ1v) is 5.89. The maximum atomic E-state index is 11.9. The second-order valence-corrected chi connectivity index (χ2v) is 4.14. The SMILES string of the molecule is O=C1CC(COc2ccncc2)=Nc2cnccc21. The van der Waals surface area contributed by atoms with E-state index in [2.05, 4.69) is 15.0 Å². The first-order valence-electron chi connectivity index (χ1n) is 5.89. The molecule has 0 unspecified atom stereocenters. The van der Waals surface area contributed by atoms with Crippen molar-refractivity contribution < 1.29 is 9.53 Å². The molecule has 0 fully saturated rings. The highest BCUT2D eigenvalue weighted by Gasteiger charge is 2.19. The van der Waals surface area contributed by atoms with Crippen molar-refractivity contribution in [1.82, 2.24) is 9.97 Å². The zero-order chi connectivity index (χ0) is 13.1. The second-order valence-electron chi connectivity index (χ2n) is 4.14. The highest BCUT2D eigenvalue weighted by atomic mass is 16.5. The molecular weight excluding hydrogens is 242 g/mol. The van der Waals surface area contributed by atoms with Crippen LogP contribution in [-0.4, -0.2) is 28.1 Å². The molecule has 0 atom stereocenters. The van der Waals surface area contributed by atoms with Gasteiger partial charge in [-0.2, -0.15) is 0 Å². The Hall–Kier alpha value is -2.56. The summed E-state index contributed by atoms with van der Waals surface area (Å²) < 4.78 is 5.57. The van der Waals surface area contributed by atoms with Gasteiger partial charge in [-0.1, -0.05) is 0 Å². The van der Waals surface area contributed by atoms with Crippen molar-refractivity contribution >= 4 is 17.2 Å². The van der Waals surface area contributed by atoms with Crippen molar-refractivity contribution in [2.75, 3.05) is 6.61 Å². The summed E-state index contributed by atoms with van der Waals surface area (Å²) >= 11 is 0. The van der Waals surface area contributed by atoms with Gasteiger partial charge in [-0.15, -0.1) is 0 Å². The van der Waals surface area contributed by atoms with Crippen LogP contribution in [0.5, 0.6) is 5.75 Å². The summed E-state index contributed by atoms with van der Waals surface area (Å²) in [5.41, 5.74) is 1.96. The standard InChI is InChI=1S/C14H11N3O2/c18-14-7-10(9-19-11-1-4-15-5-2-11)17-13-8-16-6-3-12(13)14/h1-6,8H,7,9H2. The summed E-state index contributed by atoms with van der Waals surface area (Å²) in [5.74, 6) is 0.767. The maximum Gasteiger partial charge on any atom is 0.170 e. The van der Waals surface area contributed by atoms with E-state index in [1.165, 1.54) is 0 Å². The minimum absolute atomic E-state index is 0.0562. The maximum absolute atomic E-state index is 11.9. The minimum atomic E-state index is 0.0562. The molecular formula is C14H11N3O2. The molecule has 2 aromatic rings. The summed E-state index contributed by atoms with van der Waals surface area (Å²) in [6.07, 6.45) is 6.80. The average molecular weight is 253 g/mol. The lowest BCUT2D eigenvalue weighted by molar-refractivity contribution is 0.0998. The van der Waals surface area contributed by atoms with Gasteiger partial charge in [-0.3, -0.25) is 19.8 Å². The predicted molar refractivity (Wildman–Crippen MR) is 70.0 cm³/mol. The van der Waals surface area contributed by atoms with E-state index < -0.39 is 0 Å². The third-order valence-electron chi connectivity index (χ3n) is 2.80. The Morgan fingerprint density at radius 1 is 1.11 bits per heavy atom. The number of hydrogen-bond acceptors (Lipinski definition) is 5. The molecule has 5 heteroatoms. The quantitative estimate of drug-likeness (QED) is 0.841. The number of carbonyl (C=O) groups excluding carboxylic acids is 1. The second kappa shape index (κ2) is 4.97. The molecule has 1 aliphatic rings. The van der Waals surface area contributed by atoms with E-state index in [1.54, 1.807) is 43.0 Å². The highest BCUT2D eigenvalue weighted by Crippen LogP contribution is 2.24. The van der Waals surface area contributed by atoms with E-state index in [4.69, 9.17) is 4.74 Å². The monoisotopic (exact) mass is 253 g/mol. The molecule has 3 heterocycles. The third-order valence-corrected chi connectivity index (χ3v) is 2.80. The first kappa shape index (κ1) is 11.5. The van der Waals surface area contributed by atoms with Gasteiger partial charge >= 0.3 is 0 Å². The number of carbonyl (C=O) groups is 1. The number of ether oxygens (including phenoxy) is 1. The lowest BCUT2D eigenvalue weighted by Crippen LogP contribution is -2.19. The molecule has 2 aromatic heterocycles. The van der Waals surface area contributed by atoms with Crippen LogP contribution in [0.3, 0.4) is 0 Å². The molecule has 19 heavy (non-hydrogen) atoms. The molecule has 0 N–H and O–H groups in total. The Balaban J connectivity index is 1.77. The average Bonchev–Trinajstić information content (AvgIpc) is 2.46. The van der Waals surface area contributed by atoms with Crippen LogP contribution in [-0.2, 0) is 0 Å². The first-order chi connectivity index (χ1) is 9.33. The van der Waals surface area contributed by atoms with Crippen LogP contribution in [0.25, 0.3) is 0 Å². The van der Waals surface area contributed by atoms with Gasteiger partial charge in [-0.25, -0.2) is 0 Å². The fraction of sp³-hybridized carbons (Fsp3) is 0.143. The van der Waals surface area contributed by atoms with Gasteiger partial charge in [0.05, 0.1) is 24.0 Å². The molecule has 0 aromatic carbocycles. The summed E-state index contributed by atoms with van der Waals surface area (Å²) in [7, 11) is 0. The minimum Gasteiger partial charge on any atom is -0.488 e. The Bertz CT molecular complexity index is 638. The van der Waals surface area contributed by atoms with Crippen molar-refractivity contribution in [1.29, 1.82) is 0 Å². The largest absolute Gasteiger partial charge is 0.488 e. The van der Waals surface area contributed by atoms with Crippen LogP contribution in [0.15, 0.2) is 48.0 Å². The number of aliphatic imine (C=N–C) groups is 1. The number of hydrogen-bond donors (Lipinski definition) is 0. The van der Waals surface area contributed by atoms with Gasteiger partial charge in [0.1, 0.15) is 12.4 Å². The van der Waals surface area contributed by atoms with Crippen molar-refractivity contribution in [3.63, 3.8) is 0 Å². The summed E-state index contributed by atoms with van der Waals surface area (Å²) in [4.78, 5) is 24.2. The number of nitrogens with zero attached hydrogens (tertiary/aromatic N) is 3. The number of Topliss-reactive ketones (excluding diaryl/α,β-unsaturated/α-hetero) is 1. The Labute approximate surface area is 110 Å². The Morgan fingerprint density at radius 2 is 1.89 bits per heavy atom. The van der Waals surface area contributed by atoms with Gasteiger partial charge in [-0.05, 0) is 18.2 Å². The van der Waals surface area contributed by atoms with Crippen molar-refractivity contribution in [2.45, 2.75) is 6.42 Å². The molecule has 0 radical (unpaired) electrons. The normalized spacial score (nSPS) is 13.7. The van der Waals surface area contributed by atoms with Crippen LogP contribution in [0, 0.1) is 0 Å². The van der Waals surface area contributed by atoms with Gasteiger partial charge in [0.25, 0.3) is 0 Å². The summed E-state index contributed by atoms with van der Waals surface area (Å²) in [5, 5.41) is 0. The third kappa shape index (κ3) is 2.49. The van der Waals surface area contributed by atoms with E-state index >= 15 is 0 Å². The van der Waals surface area contributed by atoms with Crippen LogP contribution in [0.1, 0.15) is 16.8 Å². The van der Waals surface area contributed by atoms with Crippen molar-refractivity contribution in [3.05, 3.63) is 48.5 Å². The van der Waals surface area contributed by atoms with Gasteiger partial charge in [0.15, 0.2) is 5.78 Å². The molecule has 0 spiro atoms. The van der Waals surface area contributed by atoms with Gasteiger partial charge in [0.2, 0.25) is 0 Å². The summed E-state index contributed by atoms with van der Waals surface area (Å²) in [6, 6.07) is 5.23. The Kier molecular flexibility index (Phi) is 3.02. The van der Waals surface area contributed by atoms with Gasteiger partial charge < -0.3 is 4.74 Å². The van der Waals surface area contributed by atoms with E-state index in [9.17, 15) is 4.79 Å². The van der Waals surface area contributed by atoms with Crippen molar-refractivity contribution in [3.8, 4) is 5.75 Å². The molecule has 0 aliphatic carbocycles. The Morgan fingerprint density at radius 3 is 2.74 bits per heavy atom. The number of pyridine rings is 2. The van der Waals surface area contributed by atoms with Crippen LogP contribution in [0.2, 0.25) is 0 Å². The zero-order valence-electron chi connectivity index (χ0n) is 10.1. The smallest absolute Gasteiger partial charge is 0.170 e. The van der Waals surface area contributed by atoms with Crippen molar-refractivity contribution in [2.24, 2.45) is 4.99 Å². The lowest BCUT2D eigenvalue weighted by atomic mass is 10.0. The van der Waals surface area contributed by atoms with Crippen LogP contribution in [0.4, 0.5) is 5.69 Å². The summed E-state index contributed by atoms with van der Waals surface area (Å²) in [6.45, 7) is 0.296. The molecule has 1 aliphatic heterocycles. The highest BCUT2D eigenvalue weighted by molar-refractivity contribution is 6.16. The molecule has 0 bridgehead atoms. The lowest BCUT2D eigenvalue weighted by Gasteiger charge is -2.14. The molecule has 5 nitrogen and oxygen atoms in total. The fourth-order valence-corrected chi connectivity index (χ4v) is 1.89. The van der Waals surface area contributed by atoms with E-state index in [0.29, 0.717) is 35.7 Å². The van der Waals surface area contributed by atoms with Gasteiger partial charge in [0, 0.05) is 24.2 Å². The van der Waals surface area contributed by atoms with E-state index in [-0.39, 0.29) is 5.78 Å². The molecule has 0 amide bonds. The van der Waals surface area contributed by atoms with E-state index in [0.717, 1.165) is 0 Å². The number of aromatic nitrogens is 2. The topological polar surface area (TPSA) is 64.4 Å². The van der Waals surface area contributed by atoms with E-state index in [1.807, 2.05) is 0 Å².